The molecule has 1 atom stereocenters. The van der Waals surface area contributed by atoms with Crippen LogP contribution in [-0.4, -0.2) is 24.5 Å². The predicted molar refractivity (Wildman–Crippen MR) is 89.0 cm³/mol. The molecule has 23 heavy (non-hydrogen) atoms. The molecule has 0 aliphatic carbocycles. The van der Waals surface area contributed by atoms with Crippen molar-refractivity contribution < 1.29 is 13.9 Å². The van der Waals surface area contributed by atoms with E-state index in [2.05, 4.69) is 0 Å². The average Bonchev–Trinajstić information content (AvgIpc) is 2.87. The Morgan fingerprint density at radius 3 is 2.61 bits per heavy atom. The number of hydrogen-bond acceptors (Lipinski definition) is 3. The van der Waals surface area contributed by atoms with Crippen LogP contribution < -0.4 is 4.74 Å². The smallest absolute Gasteiger partial charge is 0.290 e. The third-order valence-corrected chi connectivity index (χ3v) is 4.50. The van der Waals surface area contributed by atoms with Gasteiger partial charge >= 0.3 is 0 Å². The molecular formula is C18H20ClNO3. The van der Waals surface area contributed by atoms with Crippen LogP contribution >= 0.6 is 11.6 Å². The molecule has 0 bridgehead atoms. The van der Waals surface area contributed by atoms with Crippen LogP contribution in [-0.2, 0) is 0 Å². The molecule has 0 radical (unpaired) electrons. The van der Waals surface area contributed by atoms with Crippen molar-refractivity contribution in [2.45, 2.75) is 31.7 Å². The molecule has 1 saturated heterocycles. The van der Waals surface area contributed by atoms with Crippen LogP contribution in [0.1, 0.15) is 47.8 Å². The standard InChI is InChI=1S/C18H20ClNO3/c1-22-14-8-6-13(7-9-14)15-5-3-2-4-12-20(15)18(21)16-10-11-17(19)23-16/h6-11,15H,2-5,12H2,1H3. The highest BCUT2D eigenvalue weighted by atomic mass is 35.5. The third-order valence-electron chi connectivity index (χ3n) is 4.30. The van der Waals surface area contributed by atoms with E-state index in [0.717, 1.165) is 43.5 Å². The van der Waals surface area contributed by atoms with Gasteiger partial charge in [-0.2, -0.15) is 0 Å². The highest BCUT2D eigenvalue weighted by Gasteiger charge is 2.29. The first-order chi connectivity index (χ1) is 11.2. The average molecular weight is 334 g/mol. The van der Waals surface area contributed by atoms with E-state index < -0.39 is 0 Å². The lowest BCUT2D eigenvalue weighted by Gasteiger charge is -2.30. The molecule has 1 aromatic carbocycles. The fourth-order valence-electron chi connectivity index (χ4n) is 3.09. The van der Waals surface area contributed by atoms with Gasteiger partial charge in [0.2, 0.25) is 0 Å². The number of likely N-dealkylation sites (tertiary alicyclic amines) is 1. The third kappa shape index (κ3) is 3.53. The molecule has 0 spiro atoms. The van der Waals surface area contributed by atoms with Gasteiger partial charge in [-0.3, -0.25) is 4.79 Å². The molecular weight excluding hydrogens is 314 g/mol. The Labute approximate surface area is 141 Å². The zero-order chi connectivity index (χ0) is 16.2. The fourth-order valence-corrected chi connectivity index (χ4v) is 3.24. The molecule has 1 aromatic heterocycles. The van der Waals surface area contributed by atoms with Gasteiger partial charge in [0.25, 0.3) is 5.91 Å². The number of amides is 1. The molecule has 2 heterocycles. The Bertz CT molecular complexity index is 665. The van der Waals surface area contributed by atoms with Gasteiger partial charge in [0.1, 0.15) is 5.75 Å². The van der Waals surface area contributed by atoms with Crippen molar-refractivity contribution in [1.82, 2.24) is 4.90 Å². The van der Waals surface area contributed by atoms with Gasteiger partial charge in [-0.15, -0.1) is 0 Å². The van der Waals surface area contributed by atoms with Crippen LogP contribution in [0.2, 0.25) is 5.22 Å². The molecule has 1 amide bonds. The summed E-state index contributed by atoms with van der Waals surface area (Å²) in [7, 11) is 1.65. The van der Waals surface area contributed by atoms with Gasteiger partial charge < -0.3 is 14.1 Å². The lowest BCUT2D eigenvalue weighted by Crippen LogP contribution is -2.34. The van der Waals surface area contributed by atoms with Gasteiger partial charge in [0, 0.05) is 6.54 Å². The van der Waals surface area contributed by atoms with Crippen LogP contribution in [0.4, 0.5) is 0 Å². The summed E-state index contributed by atoms with van der Waals surface area (Å²) in [5.41, 5.74) is 1.12. The lowest BCUT2D eigenvalue weighted by molar-refractivity contribution is 0.0648. The number of halogens is 1. The van der Waals surface area contributed by atoms with Crippen molar-refractivity contribution in [3.8, 4) is 5.75 Å². The number of furan rings is 1. The Kier molecular flexibility index (Phi) is 4.91. The summed E-state index contributed by atoms with van der Waals surface area (Å²) in [5, 5.41) is 0.240. The number of carbonyl (C=O) groups is 1. The summed E-state index contributed by atoms with van der Waals surface area (Å²) in [6, 6.07) is 11.2. The summed E-state index contributed by atoms with van der Waals surface area (Å²) in [6.07, 6.45) is 4.20. The first-order valence-corrected chi connectivity index (χ1v) is 8.27. The van der Waals surface area contributed by atoms with Crippen LogP contribution in [0.3, 0.4) is 0 Å². The van der Waals surface area contributed by atoms with Crippen LogP contribution in [0, 0.1) is 0 Å². The number of nitrogens with zero attached hydrogens (tertiary/aromatic N) is 1. The van der Waals surface area contributed by atoms with Crippen molar-refractivity contribution in [2.24, 2.45) is 0 Å². The van der Waals surface area contributed by atoms with E-state index in [4.69, 9.17) is 20.8 Å². The number of rotatable bonds is 3. The second kappa shape index (κ2) is 7.09. The molecule has 3 rings (SSSR count). The van der Waals surface area contributed by atoms with E-state index in [1.807, 2.05) is 29.2 Å². The van der Waals surface area contributed by atoms with E-state index in [0.29, 0.717) is 5.76 Å². The van der Waals surface area contributed by atoms with Crippen molar-refractivity contribution >= 4 is 17.5 Å². The topological polar surface area (TPSA) is 42.7 Å². The number of ether oxygens (including phenoxy) is 1. The van der Waals surface area contributed by atoms with E-state index in [1.165, 1.54) is 0 Å². The molecule has 5 heteroatoms. The number of carbonyl (C=O) groups excluding carboxylic acids is 1. The minimum atomic E-state index is -0.0976. The van der Waals surface area contributed by atoms with Crippen molar-refractivity contribution in [1.29, 1.82) is 0 Å². The molecule has 1 aliphatic heterocycles. The Morgan fingerprint density at radius 2 is 1.96 bits per heavy atom. The van der Waals surface area contributed by atoms with Gasteiger partial charge in [-0.1, -0.05) is 25.0 Å². The van der Waals surface area contributed by atoms with Gasteiger partial charge in [0.05, 0.1) is 13.2 Å². The van der Waals surface area contributed by atoms with E-state index in [1.54, 1.807) is 19.2 Å². The van der Waals surface area contributed by atoms with Crippen LogP contribution in [0.25, 0.3) is 0 Å². The molecule has 122 valence electrons. The minimum Gasteiger partial charge on any atom is -0.497 e. The summed E-state index contributed by atoms with van der Waals surface area (Å²) in [5.74, 6) is 1.02. The highest BCUT2D eigenvalue weighted by Crippen LogP contribution is 2.32. The Hall–Kier alpha value is -1.94. The zero-order valence-corrected chi connectivity index (χ0v) is 13.9. The van der Waals surface area contributed by atoms with Crippen molar-refractivity contribution in [3.05, 3.63) is 52.9 Å². The Morgan fingerprint density at radius 1 is 1.17 bits per heavy atom. The van der Waals surface area contributed by atoms with E-state index in [-0.39, 0.29) is 17.2 Å². The first kappa shape index (κ1) is 15.9. The summed E-state index contributed by atoms with van der Waals surface area (Å²) < 4.78 is 10.5. The Balaban J connectivity index is 1.88. The molecule has 1 fully saturated rings. The SMILES string of the molecule is COc1ccc(C2CCCCCN2C(=O)c2ccc(Cl)o2)cc1. The van der Waals surface area contributed by atoms with E-state index >= 15 is 0 Å². The maximum atomic E-state index is 12.8. The second-order valence-electron chi connectivity index (χ2n) is 5.74. The zero-order valence-electron chi connectivity index (χ0n) is 13.1. The summed E-state index contributed by atoms with van der Waals surface area (Å²) in [4.78, 5) is 14.7. The fraction of sp³-hybridized carbons (Fsp3) is 0.389. The quantitative estimate of drug-likeness (QED) is 0.817. The van der Waals surface area contributed by atoms with Crippen molar-refractivity contribution in [2.75, 3.05) is 13.7 Å². The van der Waals surface area contributed by atoms with Crippen LogP contribution in [0.5, 0.6) is 5.75 Å². The van der Waals surface area contributed by atoms with Crippen LogP contribution in [0.15, 0.2) is 40.8 Å². The normalized spacial score (nSPS) is 18.5. The summed E-state index contributed by atoms with van der Waals surface area (Å²) in [6.45, 7) is 0.730. The number of methoxy groups -OCH3 is 1. The van der Waals surface area contributed by atoms with Gasteiger partial charge in [0.15, 0.2) is 11.0 Å². The lowest BCUT2D eigenvalue weighted by atomic mass is 10.0. The molecule has 1 unspecified atom stereocenters. The van der Waals surface area contributed by atoms with Gasteiger partial charge in [-0.25, -0.2) is 0 Å². The predicted octanol–water partition coefficient (Wildman–Crippen LogP) is 4.70. The van der Waals surface area contributed by atoms with E-state index in [9.17, 15) is 4.79 Å². The number of benzene rings is 1. The maximum absolute atomic E-state index is 12.8. The molecule has 0 saturated carbocycles. The first-order valence-electron chi connectivity index (χ1n) is 7.89. The maximum Gasteiger partial charge on any atom is 0.290 e. The minimum absolute atomic E-state index is 0.0554. The molecule has 1 aliphatic rings. The number of hydrogen-bond donors (Lipinski definition) is 0. The highest BCUT2D eigenvalue weighted by molar-refractivity contribution is 6.29. The molecule has 2 aromatic rings. The summed E-state index contributed by atoms with van der Waals surface area (Å²) >= 11 is 5.81. The largest absolute Gasteiger partial charge is 0.497 e. The monoisotopic (exact) mass is 333 g/mol. The molecule has 0 N–H and O–H groups in total. The molecule has 4 nitrogen and oxygen atoms in total. The van der Waals surface area contributed by atoms with Gasteiger partial charge in [-0.05, 0) is 54.3 Å². The van der Waals surface area contributed by atoms with Crippen molar-refractivity contribution in [3.63, 3.8) is 0 Å². The second-order valence-corrected chi connectivity index (χ2v) is 6.11.